The van der Waals surface area contributed by atoms with Crippen LogP contribution in [0.25, 0.3) is 0 Å². The van der Waals surface area contributed by atoms with Crippen molar-refractivity contribution >= 4 is 0 Å². The van der Waals surface area contributed by atoms with E-state index in [2.05, 4.69) is 31.2 Å². The summed E-state index contributed by atoms with van der Waals surface area (Å²) < 4.78 is 10.9. The Bertz CT molecular complexity index is 363. The van der Waals surface area contributed by atoms with Gasteiger partial charge in [0, 0.05) is 7.11 Å². The second-order valence-electron chi connectivity index (χ2n) is 5.07. The van der Waals surface area contributed by atoms with Crippen LogP contribution in [-0.2, 0) is 15.9 Å². The Balaban J connectivity index is 1.96. The van der Waals surface area contributed by atoms with E-state index in [1.54, 1.807) is 7.11 Å². The molecule has 0 radical (unpaired) electrons. The maximum Gasteiger partial charge on any atom is 0.0772 e. The molecular formula is C15H23NO2. The highest BCUT2D eigenvalue weighted by Gasteiger charge is 2.28. The summed E-state index contributed by atoms with van der Waals surface area (Å²) in [5.41, 5.74) is 8.71. The van der Waals surface area contributed by atoms with Crippen molar-refractivity contribution in [2.24, 2.45) is 5.73 Å². The summed E-state index contributed by atoms with van der Waals surface area (Å²) in [6.07, 6.45) is 3.65. The monoisotopic (exact) mass is 249 g/mol. The third-order valence-corrected chi connectivity index (χ3v) is 3.62. The van der Waals surface area contributed by atoms with E-state index in [9.17, 15) is 0 Å². The van der Waals surface area contributed by atoms with Gasteiger partial charge in [0.2, 0.25) is 0 Å². The summed E-state index contributed by atoms with van der Waals surface area (Å²) in [5.74, 6) is 0. The van der Waals surface area contributed by atoms with Crippen LogP contribution in [0.2, 0.25) is 0 Å². The molecule has 2 rings (SSSR count). The molecule has 1 saturated heterocycles. The molecule has 3 unspecified atom stereocenters. The average molecular weight is 249 g/mol. The summed E-state index contributed by atoms with van der Waals surface area (Å²) in [5, 5.41) is 0. The van der Waals surface area contributed by atoms with E-state index in [0.717, 1.165) is 31.4 Å². The predicted octanol–water partition coefficient (Wildman–Crippen LogP) is 2.44. The minimum Gasteiger partial charge on any atom is -0.384 e. The first kappa shape index (κ1) is 13.5. The van der Waals surface area contributed by atoms with E-state index in [-0.39, 0.29) is 12.1 Å². The van der Waals surface area contributed by atoms with Gasteiger partial charge in [0.25, 0.3) is 0 Å². The molecule has 0 saturated carbocycles. The lowest BCUT2D eigenvalue weighted by Gasteiger charge is -2.20. The predicted molar refractivity (Wildman–Crippen MR) is 72.5 cm³/mol. The molecule has 1 heterocycles. The zero-order chi connectivity index (χ0) is 13.0. The summed E-state index contributed by atoms with van der Waals surface area (Å²) >= 11 is 0. The molecular weight excluding hydrogens is 226 g/mol. The summed E-state index contributed by atoms with van der Waals surface area (Å²) in [7, 11) is 1.73. The number of hydrogen-bond donors (Lipinski definition) is 1. The van der Waals surface area contributed by atoms with Crippen molar-refractivity contribution < 1.29 is 9.47 Å². The van der Waals surface area contributed by atoms with Crippen LogP contribution in [0.15, 0.2) is 24.3 Å². The Kier molecular flexibility index (Phi) is 4.75. The zero-order valence-electron chi connectivity index (χ0n) is 11.3. The van der Waals surface area contributed by atoms with Crippen LogP contribution in [0.1, 0.15) is 36.9 Å². The van der Waals surface area contributed by atoms with Gasteiger partial charge in [-0.1, -0.05) is 24.3 Å². The van der Waals surface area contributed by atoms with Crippen LogP contribution in [0.5, 0.6) is 0 Å². The fraction of sp³-hybridized carbons (Fsp3) is 0.600. The topological polar surface area (TPSA) is 44.5 Å². The SMILES string of the molecule is COCCc1ccc(C(N)C2CCC(C)O2)cc1. The molecule has 0 aromatic heterocycles. The van der Waals surface area contributed by atoms with Crippen molar-refractivity contribution in [2.75, 3.05) is 13.7 Å². The molecule has 18 heavy (non-hydrogen) atoms. The van der Waals surface area contributed by atoms with Crippen molar-refractivity contribution in [3.63, 3.8) is 0 Å². The number of ether oxygens (including phenoxy) is 2. The van der Waals surface area contributed by atoms with Gasteiger partial charge >= 0.3 is 0 Å². The van der Waals surface area contributed by atoms with E-state index >= 15 is 0 Å². The fourth-order valence-electron chi connectivity index (χ4n) is 2.44. The van der Waals surface area contributed by atoms with Crippen LogP contribution in [0.4, 0.5) is 0 Å². The maximum absolute atomic E-state index is 6.26. The number of nitrogens with two attached hydrogens (primary N) is 1. The van der Waals surface area contributed by atoms with Crippen molar-refractivity contribution in [3.05, 3.63) is 35.4 Å². The first-order valence-corrected chi connectivity index (χ1v) is 6.69. The van der Waals surface area contributed by atoms with Gasteiger partial charge < -0.3 is 15.2 Å². The van der Waals surface area contributed by atoms with Crippen LogP contribution >= 0.6 is 0 Å². The van der Waals surface area contributed by atoms with Crippen molar-refractivity contribution in [2.45, 2.75) is 44.4 Å². The zero-order valence-corrected chi connectivity index (χ0v) is 11.3. The standard InChI is InChI=1S/C15H23NO2/c1-11-3-8-14(18-11)15(16)13-6-4-12(5-7-13)9-10-17-2/h4-7,11,14-15H,3,8-10,16H2,1-2H3. The highest BCUT2D eigenvalue weighted by Crippen LogP contribution is 2.28. The molecule has 0 spiro atoms. The van der Waals surface area contributed by atoms with E-state index < -0.39 is 0 Å². The molecule has 0 bridgehead atoms. The Morgan fingerprint density at radius 1 is 1.33 bits per heavy atom. The van der Waals surface area contributed by atoms with Gasteiger partial charge in [-0.2, -0.15) is 0 Å². The molecule has 3 atom stereocenters. The van der Waals surface area contributed by atoms with Gasteiger partial charge in [0.15, 0.2) is 0 Å². The van der Waals surface area contributed by atoms with Gasteiger partial charge in [0.05, 0.1) is 24.9 Å². The molecule has 3 heteroatoms. The molecule has 1 aliphatic rings. The number of rotatable bonds is 5. The first-order valence-electron chi connectivity index (χ1n) is 6.69. The lowest BCUT2D eigenvalue weighted by molar-refractivity contribution is 0.0401. The minimum atomic E-state index is -0.00794. The molecule has 1 aromatic carbocycles. The van der Waals surface area contributed by atoms with E-state index in [1.165, 1.54) is 5.56 Å². The Morgan fingerprint density at radius 2 is 2.06 bits per heavy atom. The quantitative estimate of drug-likeness (QED) is 0.871. The van der Waals surface area contributed by atoms with E-state index in [0.29, 0.717) is 6.10 Å². The van der Waals surface area contributed by atoms with Gasteiger partial charge in [-0.25, -0.2) is 0 Å². The number of benzene rings is 1. The first-order chi connectivity index (χ1) is 8.70. The molecule has 1 aromatic rings. The van der Waals surface area contributed by atoms with Crippen LogP contribution in [0, 0.1) is 0 Å². The lowest BCUT2D eigenvalue weighted by atomic mass is 9.98. The largest absolute Gasteiger partial charge is 0.384 e. The van der Waals surface area contributed by atoms with Crippen molar-refractivity contribution in [3.8, 4) is 0 Å². The molecule has 2 N–H and O–H groups in total. The van der Waals surface area contributed by atoms with Gasteiger partial charge in [-0.05, 0) is 37.3 Å². The molecule has 3 nitrogen and oxygen atoms in total. The van der Waals surface area contributed by atoms with Gasteiger partial charge in [-0.15, -0.1) is 0 Å². The van der Waals surface area contributed by atoms with Gasteiger partial charge in [-0.3, -0.25) is 0 Å². The summed E-state index contributed by atoms with van der Waals surface area (Å²) in [6, 6.07) is 8.48. The molecule has 1 fully saturated rings. The van der Waals surface area contributed by atoms with Crippen molar-refractivity contribution in [1.29, 1.82) is 0 Å². The van der Waals surface area contributed by atoms with E-state index in [4.69, 9.17) is 15.2 Å². The Morgan fingerprint density at radius 3 is 2.61 bits per heavy atom. The molecule has 100 valence electrons. The van der Waals surface area contributed by atoms with Crippen LogP contribution < -0.4 is 5.73 Å². The lowest BCUT2D eigenvalue weighted by Crippen LogP contribution is -2.26. The molecule has 1 aliphatic heterocycles. The average Bonchev–Trinajstić information content (AvgIpc) is 2.83. The number of hydrogen-bond acceptors (Lipinski definition) is 3. The normalized spacial score (nSPS) is 25.3. The summed E-state index contributed by atoms with van der Waals surface area (Å²) in [4.78, 5) is 0. The highest BCUT2D eigenvalue weighted by atomic mass is 16.5. The van der Waals surface area contributed by atoms with Crippen LogP contribution in [-0.4, -0.2) is 25.9 Å². The third kappa shape index (κ3) is 3.31. The van der Waals surface area contributed by atoms with E-state index in [1.807, 2.05) is 0 Å². The maximum atomic E-state index is 6.26. The number of methoxy groups -OCH3 is 1. The Hall–Kier alpha value is -0.900. The Labute approximate surface area is 109 Å². The second-order valence-corrected chi connectivity index (χ2v) is 5.07. The minimum absolute atomic E-state index is 0.00794. The summed E-state index contributed by atoms with van der Waals surface area (Å²) in [6.45, 7) is 2.87. The molecule has 0 aliphatic carbocycles. The van der Waals surface area contributed by atoms with Gasteiger partial charge in [0.1, 0.15) is 0 Å². The highest BCUT2D eigenvalue weighted by molar-refractivity contribution is 5.26. The van der Waals surface area contributed by atoms with Crippen molar-refractivity contribution in [1.82, 2.24) is 0 Å². The third-order valence-electron chi connectivity index (χ3n) is 3.62. The fourth-order valence-corrected chi connectivity index (χ4v) is 2.44. The second kappa shape index (κ2) is 6.32. The van der Waals surface area contributed by atoms with Crippen LogP contribution in [0.3, 0.4) is 0 Å². The smallest absolute Gasteiger partial charge is 0.0772 e. The molecule has 0 amide bonds.